The zero-order chi connectivity index (χ0) is 23.9. The van der Waals surface area contributed by atoms with Crippen LogP contribution in [0.5, 0.6) is 5.75 Å². The number of benzene rings is 1. The number of ether oxygens (including phenoxy) is 4. The number of thioether (sulfide) groups is 2. The molecule has 1 aromatic rings. The predicted octanol–water partition coefficient (Wildman–Crippen LogP) is 6.60. The molecule has 3 fully saturated rings. The van der Waals surface area contributed by atoms with E-state index in [4.69, 9.17) is 18.9 Å². The summed E-state index contributed by atoms with van der Waals surface area (Å²) >= 11 is 3.92. The first-order valence-corrected chi connectivity index (χ1v) is 14.5. The van der Waals surface area contributed by atoms with Gasteiger partial charge in [0.1, 0.15) is 0 Å². The van der Waals surface area contributed by atoms with Gasteiger partial charge in [0.15, 0.2) is 17.9 Å². The minimum Gasteiger partial charge on any atom is -0.491 e. The molecule has 34 heavy (non-hydrogen) atoms. The van der Waals surface area contributed by atoms with Crippen molar-refractivity contribution in [3.63, 3.8) is 0 Å². The molecule has 0 radical (unpaired) electrons. The second kappa shape index (κ2) is 12.9. The van der Waals surface area contributed by atoms with Crippen LogP contribution in [0.4, 0.5) is 8.78 Å². The van der Waals surface area contributed by atoms with Gasteiger partial charge >= 0.3 is 0 Å². The fourth-order valence-corrected chi connectivity index (χ4v) is 8.20. The molecule has 2 atom stereocenters. The van der Waals surface area contributed by atoms with Gasteiger partial charge in [-0.2, -0.15) is 4.39 Å². The molecule has 4 rings (SSSR count). The molecule has 3 aliphatic heterocycles. The van der Waals surface area contributed by atoms with Gasteiger partial charge in [-0.05, 0) is 57.6 Å². The minimum absolute atomic E-state index is 0.0851. The van der Waals surface area contributed by atoms with Gasteiger partial charge in [-0.25, -0.2) is 4.39 Å². The van der Waals surface area contributed by atoms with E-state index in [-0.39, 0.29) is 23.8 Å². The van der Waals surface area contributed by atoms with Crippen molar-refractivity contribution in [2.45, 2.75) is 56.5 Å². The van der Waals surface area contributed by atoms with Crippen molar-refractivity contribution < 1.29 is 27.7 Å². The molecule has 0 saturated carbocycles. The predicted molar refractivity (Wildman–Crippen MR) is 134 cm³/mol. The van der Waals surface area contributed by atoms with Crippen LogP contribution in [0, 0.1) is 29.4 Å². The van der Waals surface area contributed by atoms with Crippen molar-refractivity contribution in [2.75, 3.05) is 37.9 Å². The molecule has 0 spiro atoms. The average molecular weight is 515 g/mol. The fourth-order valence-electron chi connectivity index (χ4n) is 4.79. The quantitative estimate of drug-likeness (QED) is 0.364. The summed E-state index contributed by atoms with van der Waals surface area (Å²) in [6, 6.07) is 2.92. The lowest BCUT2D eigenvalue weighted by Crippen LogP contribution is -2.39. The van der Waals surface area contributed by atoms with Crippen LogP contribution in [0.25, 0.3) is 0 Å². The summed E-state index contributed by atoms with van der Waals surface area (Å²) in [7, 11) is 0. The summed E-state index contributed by atoms with van der Waals surface area (Å²) in [6.07, 6.45) is 8.67. The van der Waals surface area contributed by atoms with Crippen molar-refractivity contribution in [3.8, 4) is 5.75 Å². The van der Waals surface area contributed by atoms with Gasteiger partial charge in [-0.1, -0.05) is 12.2 Å². The monoisotopic (exact) mass is 514 g/mol. The maximum Gasteiger partial charge on any atom is 0.201 e. The summed E-state index contributed by atoms with van der Waals surface area (Å²) in [5.41, 5.74) is 0.0851. The van der Waals surface area contributed by atoms with Gasteiger partial charge in [-0.3, -0.25) is 0 Å². The summed E-state index contributed by atoms with van der Waals surface area (Å²) in [5.74, 6) is 1.64. The number of hydrogen-bond donors (Lipinski definition) is 0. The van der Waals surface area contributed by atoms with Gasteiger partial charge in [0.25, 0.3) is 0 Å². The normalized spacial score (nSPS) is 32.7. The fraction of sp³-hybridized carbons (Fsp3) is 0.692. The van der Waals surface area contributed by atoms with E-state index < -0.39 is 17.9 Å². The zero-order valence-electron chi connectivity index (χ0n) is 20.0. The molecule has 3 heterocycles. The van der Waals surface area contributed by atoms with Crippen molar-refractivity contribution in [3.05, 3.63) is 41.5 Å². The second-order valence-corrected chi connectivity index (χ2v) is 11.9. The lowest BCUT2D eigenvalue weighted by atomic mass is 9.90. The van der Waals surface area contributed by atoms with E-state index in [9.17, 15) is 8.78 Å². The minimum atomic E-state index is -0.993. The number of hydrogen-bond acceptors (Lipinski definition) is 6. The SMILES string of the molecule is C/C=C/CCC1CC[C@@H](C2CSC(C3COC(c4ccc(OCC)c(F)c4F)OC3)SC2)OC1. The molecule has 3 saturated heterocycles. The Bertz CT molecular complexity index is 800. The van der Waals surface area contributed by atoms with Crippen LogP contribution in [0.15, 0.2) is 24.3 Å². The van der Waals surface area contributed by atoms with Crippen LogP contribution in [0.2, 0.25) is 0 Å². The summed E-state index contributed by atoms with van der Waals surface area (Å²) < 4.78 is 52.2. The van der Waals surface area contributed by atoms with E-state index in [1.54, 1.807) is 6.92 Å². The van der Waals surface area contributed by atoms with E-state index in [2.05, 4.69) is 19.1 Å². The van der Waals surface area contributed by atoms with Gasteiger partial charge in [-0.15, -0.1) is 23.5 Å². The number of halogens is 2. The maximum atomic E-state index is 14.5. The molecule has 3 aliphatic rings. The van der Waals surface area contributed by atoms with Crippen molar-refractivity contribution >= 4 is 23.5 Å². The molecule has 0 amide bonds. The third-order valence-electron chi connectivity index (χ3n) is 6.80. The topological polar surface area (TPSA) is 36.9 Å². The van der Waals surface area contributed by atoms with E-state index in [1.807, 2.05) is 23.5 Å². The van der Waals surface area contributed by atoms with Crippen LogP contribution in [-0.4, -0.2) is 48.6 Å². The van der Waals surface area contributed by atoms with E-state index in [1.165, 1.54) is 31.4 Å². The Morgan fingerprint density at radius 3 is 2.41 bits per heavy atom. The van der Waals surface area contributed by atoms with Gasteiger partial charge in [0.05, 0.1) is 30.5 Å². The largest absolute Gasteiger partial charge is 0.491 e. The number of allylic oxidation sites excluding steroid dienone is 2. The third-order valence-corrected chi connectivity index (χ3v) is 10.3. The Labute approximate surface area is 210 Å². The highest BCUT2D eigenvalue weighted by molar-refractivity contribution is 8.17. The highest BCUT2D eigenvalue weighted by Crippen LogP contribution is 2.44. The Morgan fingerprint density at radius 1 is 1.00 bits per heavy atom. The highest BCUT2D eigenvalue weighted by Gasteiger charge is 2.37. The average Bonchev–Trinajstić information content (AvgIpc) is 2.88. The molecular formula is C26H36F2O4S2. The Hall–Kier alpha value is -0.800. The Morgan fingerprint density at radius 2 is 1.76 bits per heavy atom. The van der Waals surface area contributed by atoms with E-state index in [0.717, 1.165) is 24.5 Å². The van der Waals surface area contributed by atoms with Crippen LogP contribution >= 0.6 is 23.5 Å². The second-order valence-electron chi connectivity index (χ2n) is 9.23. The van der Waals surface area contributed by atoms with Crippen molar-refractivity contribution in [1.82, 2.24) is 0 Å². The summed E-state index contributed by atoms with van der Waals surface area (Å²) in [4.78, 5) is 0. The summed E-state index contributed by atoms with van der Waals surface area (Å²) in [5, 5.41) is 0. The molecule has 0 aromatic heterocycles. The smallest absolute Gasteiger partial charge is 0.201 e. The first-order chi connectivity index (χ1) is 16.6. The maximum absolute atomic E-state index is 14.5. The van der Waals surface area contributed by atoms with Crippen molar-refractivity contribution in [2.24, 2.45) is 17.8 Å². The summed E-state index contributed by atoms with van der Waals surface area (Å²) in [6.45, 7) is 5.92. The van der Waals surface area contributed by atoms with E-state index in [0.29, 0.717) is 35.7 Å². The molecule has 0 N–H and O–H groups in total. The highest BCUT2D eigenvalue weighted by atomic mass is 32.2. The Balaban J connectivity index is 1.20. The van der Waals surface area contributed by atoms with Gasteiger partial charge in [0, 0.05) is 35.5 Å². The molecular weight excluding hydrogens is 478 g/mol. The molecule has 0 bridgehead atoms. The molecule has 4 nitrogen and oxygen atoms in total. The van der Waals surface area contributed by atoms with Crippen LogP contribution in [0.3, 0.4) is 0 Å². The first-order valence-electron chi connectivity index (χ1n) is 12.4. The Kier molecular flexibility index (Phi) is 10.0. The lowest BCUT2D eigenvalue weighted by Gasteiger charge is -2.40. The van der Waals surface area contributed by atoms with E-state index >= 15 is 0 Å². The van der Waals surface area contributed by atoms with Gasteiger partial charge < -0.3 is 18.9 Å². The van der Waals surface area contributed by atoms with Gasteiger partial charge in [0.2, 0.25) is 5.82 Å². The molecule has 1 unspecified atom stereocenters. The molecule has 1 aromatic carbocycles. The lowest BCUT2D eigenvalue weighted by molar-refractivity contribution is -0.203. The van der Waals surface area contributed by atoms with Crippen molar-refractivity contribution in [1.29, 1.82) is 0 Å². The molecule has 8 heteroatoms. The van der Waals surface area contributed by atoms with Crippen LogP contribution in [0.1, 0.15) is 51.4 Å². The van der Waals surface area contributed by atoms with Crippen LogP contribution < -0.4 is 4.74 Å². The molecule has 0 aliphatic carbocycles. The molecule has 190 valence electrons. The zero-order valence-corrected chi connectivity index (χ0v) is 21.7. The number of rotatable bonds is 8. The first kappa shape index (κ1) is 26.3. The third kappa shape index (κ3) is 6.49. The van der Waals surface area contributed by atoms with Crippen LogP contribution in [-0.2, 0) is 14.2 Å². The standard InChI is InChI=1S/C26H36F2O4S2/c1-3-5-6-7-17-8-10-21(30-12-17)19-15-33-26(34-16-19)18-13-31-25(32-14-18)20-9-11-22(29-4-2)24(28)23(20)27/h3,5,9,11,17-19,21,25-26H,4,6-8,10,12-16H2,1-2H3/b5-3+/t17?,18?,19?,21-,25?,26?/m0/s1.